The number of hydrogen-bond acceptors (Lipinski definition) is 5. The lowest BCUT2D eigenvalue weighted by Crippen LogP contribution is -2.41. The first kappa shape index (κ1) is 17.0. The number of nitrogens with two attached hydrogens (primary N) is 1. The van der Waals surface area contributed by atoms with Crippen molar-refractivity contribution >= 4 is 28.8 Å². The van der Waals surface area contributed by atoms with E-state index in [1.165, 1.54) is 18.3 Å². The molecule has 0 atom stereocenters. The molecule has 0 bridgehead atoms. The van der Waals surface area contributed by atoms with E-state index in [1.807, 2.05) is 29.6 Å². The molecule has 0 radical (unpaired) electrons. The van der Waals surface area contributed by atoms with Crippen molar-refractivity contribution < 1.29 is 9.59 Å². The normalized spacial score (nSPS) is 11.1. The van der Waals surface area contributed by atoms with Gasteiger partial charge in [-0.3, -0.25) is 20.4 Å². The monoisotopic (exact) mass is 332 g/mol. The van der Waals surface area contributed by atoms with Crippen molar-refractivity contribution in [2.45, 2.75) is 32.6 Å². The second-order valence-electron chi connectivity index (χ2n) is 5.80. The first-order valence-electron chi connectivity index (χ1n) is 7.15. The Balaban J connectivity index is 2.10. The fourth-order valence-electron chi connectivity index (χ4n) is 2.06. The van der Waals surface area contributed by atoms with Crippen LogP contribution < -0.4 is 16.6 Å². The van der Waals surface area contributed by atoms with Gasteiger partial charge in [-0.15, -0.1) is 11.3 Å². The van der Waals surface area contributed by atoms with Crippen LogP contribution in [0.5, 0.6) is 0 Å². The van der Waals surface area contributed by atoms with Crippen molar-refractivity contribution in [2.24, 2.45) is 0 Å². The van der Waals surface area contributed by atoms with Gasteiger partial charge in [0, 0.05) is 23.4 Å². The lowest BCUT2D eigenvalue weighted by atomic mass is 9.85. The smallest absolute Gasteiger partial charge is 0.244 e. The number of rotatable bonds is 4. The number of anilines is 1. The molecule has 6 nitrogen and oxygen atoms in total. The molecule has 0 saturated heterocycles. The molecular weight excluding hydrogens is 312 g/mol. The highest BCUT2D eigenvalue weighted by molar-refractivity contribution is 7.09. The van der Waals surface area contributed by atoms with E-state index in [-0.39, 0.29) is 23.7 Å². The van der Waals surface area contributed by atoms with Gasteiger partial charge in [-0.05, 0) is 31.5 Å². The molecule has 0 aliphatic rings. The Kier molecular flexibility index (Phi) is 5.00. The number of hydrogen-bond donors (Lipinski definition) is 3. The largest absolute Gasteiger partial charge is 0.399 e. The van der Waals surface area contributed by atoms with E-state index in [4.69, 9.17) is 5.73 Å². The van der Waals surface area contributed by atoms with Gasteiger partial charge in [-0.1, -0.05) is 12.1 Å². The zero-order valence-electron chi connectivity index (χ0n) is 13.3. The molecule has 0 aliphatic carbocycles. The summed E-state index contributed by atoms with van der Waals surface area (Å²) in [6.45, 7) is 5.49. The summed E-state index contributed by atoms with van der Waals surface area (Å²) < 4.78 is 0. The Bertz CT molecular complexity index is 707. The van der Waals surface area contributed by atoms with Crippen LogP contribution in [0.25, 0.3) is 0 Å². The first-order chi connectivity index (χ1) is 10.8. The Morgan fingerprint density at radius 2 is 1.87 bits per heavy atom. The van der Waals surface area contributed by atoms with E-state index in [2.05, 4.69) is 29.7 Å². The molecule has 0 saturated carbocycles. The summed E-state index contributed by atoms with van der Waals surface area (Å²) in [5, 5.41) is 2.78. The van der Waals surface area contributed by atoms with Gasteiger partial charge < -0.3 is 5.73 Å². The lowest BCUT2D eigenvalue weighted by Gasteiger charge is -2.22. The predicted octanol–water partition coefficient (Wildman–Crippen LogP) is 1.76. The summed E-state index contributed by atoms with van der Waals surface area (Å²) >= 11 is 1.51. The number of thiazole rings is 1. The number of nitrogens with zero attached hydrogens (tertiary/aromatic N) is 1. The quantitative estimate of drug-likeness (QED) is 0.587. The van der Waals surface area contributed by atoms with Crippen molar-refractivity contribution in [3.63, 3.8) is 0 Å². The van der Waals surface area contributed by atoms with Crippen molar-refractivity contribution in [1.82, 2.24) is 15.8 Å². The van der Waals surface area contributed by atoms with Crippen LogP contribution in [-0.4, -0.2) is 16.8 Å². The summed E-state index contributed by atoms with van der Waals surface area (Å²) in [6.07, 6.45) is 0.120. The van der Waals surface area contributed by atoms with Crippen molar-refractivity contribution in [1.29, 1.82) is 0 Å². The molecule has 2 aromatic rings. The van der Waals surface area contributed by atoms with Gasteiger partial charge in [0.2, 0.25) is 11.8 Å². The van der Waals surface area contributed by atoms with Crippen LogP contribution in [-0.2, 0) is 21.4 Å². The van der Waals surface area contributed by atoms with Gasteiger partial charge in [0.25, 0.3) is 0 Å². The highest BCUT2D eigenvalue weighted by Gasteiger charge is 2.26. The highest BCUT2D eigenvalue weighted by atomic mass is 32.1. The maximum atomic E-state index is 11.7. The standard InChI is InChI=1S/C16H20N4O2S/c1-10(21)19-20-14(22)8-13-9-23-15(18-13)16(2,3)11-4-6-12(17)7-5-11/h4-7,9H,8,17H2,1-3H3,(H,19,21)(H,20,22). The average molecular weight is 332 g/mol. The molecule has 1 aromatic heterocycles. The maximum absolute atomic E-state index is 11.7. The minimum absolute atomic E-state index is 0.120. The van der Waals surface area contributed by atoms with E-state index < -0.39 is 0 Å². The van der Waals surface area contributed by atoms with E-state index in [1.54, 1.807) is 0 Å². The van der Waals surface area contributed by atoms with Crippen LogP contribution in [0.1, 0.15) is 37.0 Å². The zero-order valence-corrected chi connectivity index (χ0v) is 14.2. The summed E-state index contributed by atoms with van der Waals surface area (Å²) in [7, 11) is 0. The second-order valence-corrected chi connectivity index (χ2v) is 6.66. The van der Waals surface area contributed by atoms with Gasteiger partial charge in [0.15, 0.2) is 0 Å². The number of amides is 2. The molecular formula is C16H20N4O2S. The van der Waals surface area contributed by atoms with E-state index >= 15 is 0 Å². The summed E-state index contributed by atoms with van der Waals surface area (Å²) in [6, 6.07) is 7.71. The molecule has 0 spiro atoms. The SMILES string of the molecule is CC(=O)NNC(=O)Cc1csc(C(C)(C)c2ccc(N)cc2)n1. The van der Waals surface area contributed by atoms with Crippen LogP contribution in [0.2, 0.25) is 0 Å². The number of carbonyl (C=O) groups is 2. The molecule has 4 N–H and O–H groups in total. The van der Waals surface area contributed by atoms with Gasteiger partial charge >= 0.3 is 0 Å². The molecule has 0 fully saturated rings. The Hall–Kier alpha value is -2.41. The number of carbonyl (C=O) groups excluding carboxylic acids is 2. The van der Waals surface area contributed by atoms with Gasteiger partial charge in [-0.2, -0.15) is 0 Å². The fraction of sp³-hybridized carbons (Fsp3) is 0.312. The van der Waals surface area contributed by atoms with Gasteiger partial charge in [0.1, 0.15) is 5.01 Å². The molecule has 1 heterocycles. The Morgan fingerprint density at radius 3 is 2.48 bits per heavy atom. The topological polar surface area (TPSA) is 97.1 Å². The molecule has 23 heavy (non-hydrogen) atoms. The number of hydrazine groups is 1. The van der Waals surface area contributed by atoms with Crippen LogP contribution in [0, 0.1) is 0 Å². The van der Waals surface area contributed by atoms with Gasteiger partial charge in [-0.25, -0.2) is 4.98 Å². The lowest BCUT2D eigenvalue weighted by molar-refractivity contribution is -0.127. The molecule has 0 unspecified atom stereocenters. The molecule has 0 aliphatic heterocycles. The van der Waals surface area contributed by atoms with Crippen molar-refractivity contribution in [2.75, 3.05) is 5.73 Å². The van der Waals surface area contributed by atoms with Crippen LogP contribution >= 0.6 is 11.3 Å². The minimum Gasteiger partial charge on any atom is -0.399 e. The first-order valence-corrected chi connectivity index (χ1v) is 8.03. The number of nitrogens with one attached hydrogen (secondary N) is 2. The van der Waals surface area contributed by atoms with Gasteiger partial charge in [0.05, 0.1) is 12.1 Å². The van der Waals surface area contributed by atoms with Crippen molar-refractivity contribution in [3.8, 4) is 0 Å². The second kappa shape index (κ2) is 6.78. The summed E-state index contributed by atoms with van der Waals surface area (Å²) in [5.74, 6) is -0.621. The maximum Gasteiger partial charge on any atom is 0.244 e. The molecule has 7 heteroatoms. The highest BCUT2D eigenvalue weighted by Crippen LogP contribution is 2.33. The van der Waals surface area contributed by atoms with E-state index in [0.717, 1.165) is 16.3 Å². The average Bonchev–Trinajstić information content (AvgIpc) is 2.95. The van der Waals surface area contributed by atoms with Crippen LogP contribution in [0.3, 0.4) is 0 Å². The Labute approximate surface area is 139 Å². The molecule has 1 aromatic carbocycles. The van der Waals surface area contributed by atoms with Crippen molar-refractivity contribution in [3.05, 3.63) is 45.9 Å². The molecule has 2 amide bonds. The predicted molar refractivity (Wildman–Crippen MR) is 90.8 cm³/mol. The molecule has 2 rings (SSSR count). The van der Waals surface area contributed by atoms with E-state index in [9.17, 15) is 9.59 Å². The Morgan fingerprint density at radius 1 is 1.22 bits per heavy atom. The minimum atomic E-state index is -0.318. The third kappa shape index (κ3) is 4.29. The van der Waals surface area contributed by atoms with E-state index in [0.29, 0.717) is 5.69 Å². The zero-order chi connectivity index (χ0) is 17.0. The third-order valence-electron chi connectivity index (χ3n) is 3.44. The fourth-order valence-corrected chi connectivity index (χ4v) is 3.03. The third-order valence-corrected chi connectivity index (χ3v) is 4.65. The summed E-state index contributed by atoms with van der Waals surface area (Å²) in [4.78, 5) is 27.0. The number of benzene rings is 1. The van der Waals surface area contributed by atoms with Crippen LogP contribution in [0.15, 0.2) is 29.6 Å². The molecule has 122 valence electrons. The number of aromatic nitrogens is 1. The number of nitrogen functional groups attached to an aromatic ring is 1. The van der Waals surface area contributed by atoms with Crippen LogP contribution in [0.4, 0.5) is 5.69 Å². The summed E-state index contributed by atoms with van der Waals surface area (Å²) in [5.41, 5.74) is 12.5.